The molecule has 9 heavy (non-hydrogen) atoms. The molecule has 0 spiro atoms. The Bertz CT molecular complexity index is 207. The number of nitrogens with zero attached hydrogens (tertiary/aromatic N) is 1. The molecule has 46 valence electrons. The maximum atomic E-state index is 2.08. The average Bonchev–Trinajstić information content (AvgIpc) is 2.15. The Hall–Kier alpha value is -0.630. The van der Waals surface area contributed by atoms with Crippen molar-refractivity contribution in [1.29, 1.82) is 0 Å². The third-order valence-corrected chi connectivity index (χ3v) is 1.33. The minimum Gasteiger partial charge on any atom is -1.00 e. The highest BCUT2D eigenvalue weighted by atomic mass is 79.9. The second-order valence-corrected chi connectivity index (χ2v) is 1.85. The van der Waals surface area contributed by atoms with E-state index >= 15 is 0 Å². The Balaban J connectivity index is 0.000000405. The van der Waals surface area contributed by atoms with E-state index in [9.17, 15) is 0 Å². The predicted molar refractivity (Wildman–Crippen MR) is 32.7 cm³/mol. The molecule has 0 aromatic heterocycles. The molecule has 2 aliphatic heterocycles. The Labute approximate surface area is 64.5 Å². The van der Waals surface area contributed by atoms with Crippen molar-refractivity contribution in [3.63, 3.8) is 0 Å². The average molecular weight is 184 g/mol. The molecule has 0 radical (unpaired) electrons. The zero-order chi connectivity index (χ0) is 5.40. The summed E-state index contributed by atoms with van der Waals surface area (Å²) < 4.78 is 2.08. The molecular weight excluding hydrogens is 178 g/mol. The van der Waals surface area contributed by atoms with Gasteiger partial charge in [-0.05, 0) is 0 Å². The van der Waals surface area contributed by atoms with E-state index in [4.69, 9.17) is 0 Å². The van der Waals surface area contributed by atoms with Gasteiger partial charge in [0.25, 0.3) is 0 Å². The van der Waals surface area contributed by atoms with E-state index in [0.29, 0.717) is 0 Å². The Morgan fingerprint density at radius 2 is 2.11 bits per heavy atom. The van der Waals surface area contributed by atoms with Gasteiger partial charge in [0.15, 0.2) is 12.4 Å². The van der Waals surface area contributed by atoms with Crippen LogP contribution in [-0.4, -0.2) is 10.8 Å². The fourth-order valence-electron chi connectivity index (χ4n) is 0.918. The van der Waals surface area contributed by atoms with Crippen molar-refractivity contribution in [2.24, 2.45) is 0 Å². The van der Waals surface area contributed by atoms with Crippen LogP contribution in [0.5, 0.6) is 0 Å². The molecule has 2 heteroatoms. The van der Waals surface area contributed by atoms with E-state index in [1.807, 2.05) is 24.6 Å². The van der Waals surface area contributed by atoms with Crippen molar-refractivity contribution in [2.75, 3.05) is 0 Å². The van der Waals surface area contributed by atoms with Crippen LogP contribution in [0.25, 0.3) is 0 Å². The predicted octanol–water partition coefficient (Wildman–Crippen LogP) is -1.95. The molecule has 0 saturated heterocycles. The van der Waals surface area contributed by atoms with Crippen LogP contribution in [0.15, 0.2) is 36.2 Å². The van der Waals surface area contributed by atoms with Gasteiger partial charge in [-0.2, -0.15) is 4.58 Å². The van der Waals surface area contributed by atoms with E-state index in [0.717, 1.165) is 0 Å². The Morgan fingerprint density at radius 3 is 2.89 bits per heavy atom. The zero-order valence-corrected chi connectivity index (χ0v) is 6.38. The summed E-state index contributed by atoms with van der Waals surface area (Å²) in [4.78, 5) is 0. The maximum absolute atomic E-state index is 2.08. The molecule has 2 aliphatic rings. The zero-order valence-electron chi connectivity index (χ0n) is 4.79. The van der Waals surface area contributed by atoms with Gasteiger partial charge in [0.1, 0.15) is 0 Å². The summed E-state index contributed by atoms with van der Waals surface area (Å²) in [6.45, 7) is 0. The second-order valence-electron chi connectivity index (χ2n) is 1.85. The summed E-state index contributed by atoms with van der Waals surface area (Å²) >= 11 is 0. The first-order chi connectivity index (χ1) is 3.97. The lowest BCUT2D eigenvalue weighted by atomic mass is 10.4. The van der Waals surface area contributed by atoms with Gasteiger partial charge in [0.2, 0.25) is 5.70 Å². The van der Waals surface area contributed by atoms with Crippen LogP contribution in [0, 0.1) is 0 Å². The minimum absolute atomic E-state index is 0. The number of hydrogen-bond donors (Lipinski definition) is 0. The van der Waals surface area contributed by atoms with Gasteiger partial charge in [0, 0.05) is 24.3 Å². The quantitative estimate of drug-likeness (QED) is 0.385. The van der Waals surface area contributed by atoms with Gasteiger partial charge in [-0.3, -0.25) is 0 Å². The lowest BCUT2D eigenvalue weighted by molar-refractivity contribution is -0.380. The molecule has 0 aliphatic carbocycles. The molecule has 0 N–H and O–H groups in total. The first-order valence-corrected chi connectivity index (χ1v) is 2.65. The topological polar surface area (TPSA) is 3.01 Å². The number of allylic oxidation sites excluding steroid dienone is 4. The van der Waals surface area contributed by atoms with E-state index in [1.54, 1.807) is 0 Å². The van der Waals surface area contributed by atoms with Crippen molar-refractivity contribution < 1.29 is 21.6 Å². The van der Waals surface area contributed by atoms with Gasteiger partial charge in [-0.15, -0.1) is 0 Å². The van der Waals surface area contributed by atoms with Crippen LogP contribution >= 0.6 is 0 Å². The normalized spacial score (nSPS) is 18.7. The van der Waals surface area contributed by atoms with Crippen LogP contribution in [0.4, 0.5) is 0 Å². The SMILES string of the molecule is C1=CC2=CC=C[N+]2=C1.[Br-]. The highest BCUT2D eigenvalue weighted by Gasteiger charge is 2.13. The monoisotopic (exact) mass is 183 g/mol. The van der Waals surface area contributed by atoms with Crippen molar-refractivity contribution in [1.82, 2.24) is 0 Å². The fourth-order valence-corrected chi connectivity index (χ4v) is 0.918. The third kappa shape index (κ3) is 0.900. The third-order valence-electron chi connectivity index (χ3n) is 1.33. The molecule has 0 aromatic rings. The minimum atomic E-state index is 0. The van der Waals surface area contributed by atoms with Crippen molar-refractivity contribution in [2.45, 2.75) is 0 Å². The summed E-state index contributed by atoms with van der Waals surface area (Å²) in [5, 5.41) is 0. The van der Waals surface area contributed by atoms with E-state index < -0.39 is 0 Å². The van der Waals surface area contributed by atoms with Crippen LogP contribution in [0.3, 0.4) is 0 Å². The molecule has 0 saturated carbocycles. The molecule has 0 amide bonds. The number of halogens is 1. The van der Waals surface area contributed by atoms with Crippen molar-refractivity contribution in [3.8, 4) is 0 Å². The van der Waals surface area contributed by atoms with Gasteiger partial charge in [0.05, 0.1) is 0 Å². The maximum Gasteiger partial charge on any atom is 0.211 e. The molecule has 2 rings (SSSR count). The van der Waals surface area contributed by atoms with Gasteiger partial charge in [-0.25, -0.2) is 0 Å². The summed E-state index contributed by atoms with van der Waals surface area (Å²) in [7, 11) is 0. The van der Waals surface area contributed by atoms with E-state index in [2.05, 4.69) is 16.7 Å². The molecule has 0 aromatic carbocycles. The summed E-state index contributed by atoms with van der Waals surface area (Å²) in [5.41, 5.74) is 1.27. The molecule has 0 fully saturated rings. The first kappa shape index (κ1) is 6.49. The summed E-state index contributed by atoms with van der Waals surface area (Å²) in [6, 6.07) is 0. The van der Waals surface area contributed by atoms with E-state index in [1.165, 1.54) is 5.70 Å². The lowest BCUT2D eigenvalue weighted by Gasteiger charge is -1.79. The molecular formula is C7H6BrN. The van der Waals surface area contributed by atoms with Crippen molar-refractivity contribution >= 4 is 6.21 Å². The number of fused-ring (bicyclic) bond motifs is 1. The smallest absolute Gasteiger partial charge is 0.211 e. The highest BCUT2D eigenvalue weighted by molar-refractivity contribution is 5.71. The van der Waals surface area contributed by atoms with Gasteiger partial charge >= 0.3 is 0 Å². The summed E-state index contributed by atoms with van der Waals surface area (Å²) in [6.07, 6.45) is 12.3. The molecule has 1 nitrogen and oxygen atoms in total. The van der Waals surface area contributed by atoms with Gasteiger partial charge < -0.3 is 17.0 Å². The van der Waals surface area contributed by atoms with Crippen LogP contribution in [0.1, 0.15) is 0 Å². The largest absolute Gasteiger partial charge is 1.00 e. The number of rotatable bonds is 0. The summed E-state index contributed by atoms with van der Waals surface area (Å²) in [5.74, 6) is 0. The molecule has 0 unspecified atom stereocenters. The second kappa shape index (κ2) is 2.31. The molecule has 0 bridgehead atoms. The highest BCUT2D eigenvalue weighted by Crippen LogP contribution is 2.10. The standard InChI is InChI=1S/C7H6N.BrH/c1-3-7-4-2-6-8(7)5-1;/h1-6H;1H/q+1;/p-1. The Morgan fingerprint density at radius 1 is 1.22 bits per heavy atom. The van der Waals surface area contributed by atoms with Crippen molar-refractivity contribution in [3.05, 3.63) is 36.2 Å². The Kier molecular flexibility index (Phi) is 1.67. The first-order valence-electron chi connectivity index (χ1n) is 2.65. The van der Waals surface area contributed by atoms with Gasteiger partial charge in [-0.1, -0.05) is 0 Å². The van der Waals surface area contributed by atoms with Crippen LogP contribution in [0.2, 0.25) is 0 Å². The fraction of sp³-hybridized carbons (Fsp3) is 0. The van der Waals surface area contributed by atoms with Crippen LogP contribution < -0.4 is 17.0 Å². The van der Waals surface area contributed by atoms with E-state index in [-0.39, 0.29) is 17.0 Å². The molecule has 0 atom stereocenters. The lowest BCUT2D eigenvalue weighted by Crippen LogP contribution is -3.00. The molecule has 2 heterocycles. The number of hydrogen-bond acceptors (Lipinski definition) is 0. The van der Waals surface area contributed by atoms with Crippen LogP contribution in [-0.2, 0) is 0 Å².